The Hall–Kier alpha value is -1.58. The molecular weight excluding hydrogens is 461 g/mol. The van der Waals surface area contributed by atoms with Gasteiger partial charge in [-0.3, -0.25) is 0 Å². The Balaban J connectivity index is 1.90. The molecule has 1 aliphatic rings. The minimum absolute atomic E-state index is 0.0366. The van der Waals surface area contributed by atoms with Crippen LogP contribution >= 0.6 is 18.6 Å². The van der Waals surface area contributed by atoms with Crippen molar-refractivity contribution in [2.75, 3.05) is 0 Å². The first-order chi connectivity index (χ1) is 14.9. The number of carbonyl (C=O) groups excluding carboxylic acids is 1. The molecule has 0 N–H and O–H groups in total. The summed E-state index contributed by atoms with van der Waals surface area (Å²) in [6.07, 6.45) is 1.23. The standard InChI is InChI=1S/C26H27NO.2ClH.Ti/c1-4-11-24(28)27-26(2,3)23-17-10-9-16-22(23)25-20-14-7-5-12-18(20)19-13-6-8-15-21(19)25;;;/h5-10,12-17,25H,4,11H2,1-3H3,(H,27,28);2*1H;/q;;;+3/p-3. The van der Waals surface area contributed by atoms with Gasteiger partial charge in [-0.15, -0.1) is 0 Å². The SMILES string of the molecule is CCCC(=O)[N]([Ti]([Cl])[Cl])C(C)(C)c1ccccc1C1c2ccccc2-c2ccccc21. The van der Waals surface area contributed by atoms with Crippen LogP contribution in [0.1, 0.15) is 61.8 Å². The minimum atomic E-state index is -2.73. The van der Waals surface area contributed by atoms with Gasteiger partial charge in [-0.05, 0) is 0 Å². The molecule has 2 nitrogen and oxygen atoms in total. The van der Waals surface area contributed by atoms with Crippen molar-refractivity contribution < 1.29 is 20.8 Å². The molecule has 0 saturated heterocycles. The third-order valence-corrected chi connectivity index (χ3v) is 9.39. The molecular formula is C26H26Cl2NOTi. The van der Waals surface area contributed by atoms with E-state index in [1.165, 1.54) is 27.8 Å². The number of fused-ring (bicyclic) bond motifs is 3. The van der Waals surface area contributed by atoms with Crippen LogP contribution in [0.25, 0.3) is 11.1 Å². The summed E-state index contributed by atoms with van der Waals surface area (Å²) in [5, 5.41) is 0. The number of nitrogens with zero attached hydrogens (tertiary/aromatic N) is 1. The molecule has 3 aromatic rings. The first-order valence-corrected chi connectivity index (χ1v) is 15.7. The molecule has 0 bridgehead atoms. The van der Waals surface area contributed by atoms with E-state index in [1.807, 2.05) is 13.0 Å². The second kappa shape index (κ2) is 9.12. The molecule has 5 heteroatoms. The average Bonchev–Trinajstić information content (AvgIpc) is 3.08. The summed E-state index contributed by atoms with van der Waals surface area (Å²) in [4.78, 5) is 13.0. The van der Waals surface area contributed by atoms with Gasteiger partial charge >= 0.3 is 200 Å². The van der Waals surface area contributed by atoms with Crippen molar-refractivity contribution >= 4 is 24.5 Å². The number of carbonyl (C=O) groups is 1. The van der Waals surface area contributed by atoms with E-state index in [-0.39, 0.29) is 11.8 Å². The first kappa shape index (κ1) is 22.6. The van der Waals surface area contributed by atoms with Crippen molar-refractivity contribution in [3.63, 3.8) is 0 Å². The van der Waals surface area contributed by atoms with E-state index in [0.717, 1.165) is 12.0 Å². The molecule has 3 aromatic carbocycles. The quantitative estimate of drug-likeness (QED) is 0.257. The Morgan fingerprint density at radius 1 is 0.871 bits per heavy atom. The molecule has 0 fully saturated rings. The van der Waals surface area contributed by atoms with E-state index in [9.17, 15) is 4.79 Å². The summed E-state index contributed by atoms with van der Waals surface area (Å²) >= 11 is -2.73. The summed E-state index contributed by atoms with van der Waals surface area (Å²) in [6, 6.07) is 25.6. The van der Waals surface area contributed by atoms with Crippen LogP contribution in [0.5, 0.6) is 0 Å². The summed E-state index contributed by atoms with van der Waals surface area (Å²) in [6.45, 7) is 6.15. The number of hydrogen-bond acceptors (Lipinski definition) is 1. The third kappa shape index (κ3) is 4.00. The molecule has 0 aliphatic heterocycles. The summed E-state index contributed by atoms with van der Waals surface area (Å²) in [7, 11) is 13.0. The van der Waals surface area contributed by atoms with E-state index in [4.69, 9.17) is 18.6 Å². The molecule has 0 atom stereocenters. The van der Waals surface area contributed by atoms with Crippen molar-refractivity contribution in [1.29, 1.82) is 0 Å². The molecule has 0 radical (unpaired) electrons. The predicted octanol–water partition coefficient (Wildman–Crippen LogP) is 7.55. The second-order valence-electron chi connectivity index (χ2n) is 8.47. The summed E-state index contributed by atoms with van der Waals surface area (Å²) < 4.78 is 1.78. The Kier molecular flexibility index (Phi) is 6.65. The van der Waals surface area contributed by atoms with Gasteiger partial charge < -0.3 is 0 Å². The molecule has 1 aliphatic carbocycles. The number of benzene rings is 3. The van der Waals surface area contributed by atoms with Gasteiger partial charge in [0.1, 0.15) is 0 Å². The number of amides is 1. The number of hydrogen-bond donors (Lipinski definition) is 0. The third-order valence-electron chi connectivity index (χ3n) is 6.21. The molecule has 0 heterocycles. The monoisotopic (exact) mass is 486 g/mol. The topological polar surface area (TPSA) is 20.3 Å². The van der Waals surface area contributed by atoms with E-state index >= 15 is 0 Å². The van der Waals surface area contributed by atoms with Gasteiger partial charge in [0.25, 0.3) is 0 Å². The normalized spacial score (nSPS) is 12.9. The fourth-order valence-corrected chi connectivity index (χ4v) is 8.70. The Morgan fingerprint density at radius 2 is 1.35 bits per heavy atom. The van der Waals surface area contributed by atoms with Crippen LogP contribution in [0.2, 0.25) is 0 Å². The van der Waals surface area contributed by atoms with E-state index < -0.39 is 21.5 Å². The zero-order valence-corrected chi connectivity index (χ0v) is 21.1. The van der Waals surface area contributed by atoms with Crippen molar-refractivity contribution in [3.05, 3.63) is 95.1 Å². The van der Waals surface area contributed by atoms with Crippen LogP contribution in [0.4, 0.5) is 0 Å². The zero-order valence-electron chi connectivity index (χ0n) is 18.0. The number of rotatable bonds is 6. The van der Waals surface area contributed by atoms with Gasteiger partial charge in [0.05, 0.1) is 0 Å². The van der Waals surface area contributed by atoms with Crippen LogP contribution < -0.4 is 0 Å². The Morgan fingerprint density at radius 3 is 1.87 bits per heavy atom. The van der Waals surface area contributed by atoms with Crippen LogP contribution in [0.15, 0.2) is 72.8 Å². The van der Waals surface area contributed by atoms with Gasteiger partial charge in [-0.25, -0.2) is 0 Å². The van der Waals surface area contributed by atoms with Gasteiger partial charge in [0.15, 0.2) is 0 Å². The maximum atomic E-state index is 13.0. The van der Waals surface area contributed by atoms with Gasteiger partial charge in [-0.2, -0.15) is 0 Å². The average molecular weight is 487 g/mol. The van der Waals surface area contributed by atoms with Crippen molar-refractivity contribution in [1.82, 2.24) is 3.38 Å². The molecule has 31 heavy (non-hydrogen) atoms. The Labute approximate surface area is 199 Å². The predicted molar refractivity (Wildman–Crippen MR) is 126 cm³/mol. The van der Waals surface area contributed by atoms with Crippen molar-refractivity contribution in [2.45, 2.75) is 45.1 Å². The molecule has 0 spiro atoms. The van der Waals surface area contributed by atoms with Crippen LogP contribution in [0, 0.1) is 0 Å². The van der Waals surface area contributed by atoms with Crippen LogP contribution in [-0.2, 0) is 26.3 Å². The van der Waals surface area contributed by atoms with Gasteiger partial charge in [0.2, 0.25) is 0 Å². The van der Waals surface area contributed by atoms with Crippen LogP contribution in [0.3, 0.4) is 0 Å². The molecule has 0 saturated carbocycles. The van der Waals surface area contributed by atoms with Crippen molar-refractivity contribution in [3.8, 4) is 11.1 Å². The van der Waals surface area contributed by atoms with E-state index in [1.54, 1.807) is 3.38 Å². The Bertz CT molecular complexity index is 1070. The fourth-order valence-electron chi connectivity index (χ4n) is 4.86. The molecule has 0 unspecified atom stereocenters. The van der Waals surface area contributed by atoms with E-state index in [2.05, 4.69) is 80.6 Å². The molecule has 4 rings (SSSR count). The van der Waals surface area contributed by atoms with Gasteiger partial charge in [-0.1, -0.05) is 0 Å². The first-order valence-electron chi connectivity index (χ1n) is 10.7. The number of halogens is 2. The zero-order chi connectivity index (χ0) is 22.2. The fraction of sp³-hybridized carbons (Fsp3) is 0.269. The molecule has 1 amide bonds. The second-order valence-corrected chi connectivity index (χ2v) is 13.7. The van der Waals surface area contributed by atoms with Crippen LogP contribution in [-0.4, -0.2) is 9.29 Å². The maximum absolute atomic E-state index is 13.0. The van der Waals surface area contributed by atoms with Crippen molar-refractivity contribution in [2.24, 2.45) is 0 Å². The summed E-state index contributed by atoms with van der Waals surface area (Å²) in [5.74, 6) is 0.148. The molecule has 159 valence electrons. The molecule has 0 aromatic heterocycles. The van der Waals surface area contributed by atoms with E-state index in [0.29, 0.717) is 6.42 Å². The van der Waals surface area contributed by atoms with Gasteiger partial charge in [0, 0.05) is 0 Å². The summed E-state index contributed by atoms with van der Waals surface area (Å²) in [5.41, 5.74) is 6.85.